The number of hydrogen-bond acceptors (Lipinski definition) is 6. The largest absolute Gasteiger partial charge is 0.369 e. The van der Waals surface area contributed by atoms with Crippen LogP contribution in [0.1, 0.15) is 16.1 Å². The van der Waals surface area contributed by atoms with E-state index in [1.165, 1.54) is 23.1 Å². The van der Waals surface area contributed by atoms with Crippen molar-refractivity contribution in [2.75, 3.05) is 5.32 Å². The average molecular weight is 370 g/mol. The number of carbonyl (C=O) groups is 2. The maximum absolute atomic E-state index is 12.6. The van der Waals surface area contributed by atoms with E-state index in [1.807, 2.05) is 30.3 Å². The van der Waals surface area contributed by atoms with Crippen LogP contribution in [0.25, 0.3) is 0 Å². The van der Waals surface area contributed by atoms with Crippen molar-refractivity contribution in [1.29, 1.82) is 0 Å². The minimum absolute atomic E-state index is 0.0500. The molecule has 0 atom stereocenters. The zero-order chi connectivity index (χ0) is 17.6. The molecule has 0 fully saturated rings. The molecule has 8 heteroatoms. The molecule has 1 aromatic carbocycles. The highest BCUT2D eigenvalue weighted by Gasteiger charge is 2.15. The maximum atomic E-state index is 12.6. The van der Waals surface area contributed by atoms with Gasteiger partial charge in [0.05, 0.1) is 17.7 Å². The summed E-state index contributed by atoms with van der Waals surface area (Å²) in [5.74, 6) is -0.761. The molecule has 0 aliphatic carbocycles. The van der Waals surface area contributed by atoms with Crippen molar-refractivity contribution in [3.8, 4) is 0 Å². The predicted molar refractivity (Wildman–Crippen MR) is 97.8 cm³/mol. The van der Waals surface area contributed by atoms with Gasteiger partial charge in [-0.05, 0) is 24.3 Å². The Bertz CT molecular complexity index is 896. The van der Waals surface area contributed by atoms with Gasteiger partial charge in [0.1, 0.15) is 5.03 Å². The highest BCUT2D eigenvalue weighted by molar-refractivity contribution is 7.99. The van der Waals surface area contributed by atoms with Gasteiger partial charge in [-0.3, -0.25) is 14.9 Å². The van der Waals surface area contributed by atoms with Gasteiger partial charge in [0.2, 0.25) is 5.91 Å². The second-order valence-electron chi connectivity index (χ2n) is 5.01. The van der Waals surface area contributed by atoms with Crippen molar-refractivity contribution in [2.45, 2.75) is 16.3 Å². The Hall–Kier alpha value is -2.71. The molecule has 2 heterocycles. The van der Waals surface area contributed by atoms with Crippen LogP contribution in [0.15, 0.2) is 64.0 Å². The van der Waals surface area contributed by atoms with Gasteiger partial charge in [0, 0.05) is 16.5 Å². The predicted octanol–water partition coefficient (Wildman–Crippen LogP) is 2.97. The number of nitrogens with two attached hydrogens (primary N) is 1. The van der Waals surface area contributed by atoms with Gasteiger partial charge in [0.15, 0.2) is 5.13 Å². The van der Waals surface area contributed by atoms with Gasteiger partial charge in [-0.15, -0.1) is 11.3 Å². The fraction of sp³-hybridized carbons (Fsp3) is 0.0588. The number of pyridine rings is 1. The minimum atomic E-state index is -0.461. The van der Waals surface area contributed by atoms with Crippen molar-refractivity contribution >= 4 is 40.0 Å². The Morgan fingerprint density at radius 1 is 1.16 bits per heavy atom. The molecule has 25 heavy (non-hydrogen) atoms. The van der Waals surface area contributed by atoms with E-state index in [-0.39, 0.29) is 12.3 Å². The zero-order valence-corrected chi connectivity index (χ0v) is 14.6. The van der Waals surface area contributed by atoms with E-state index in [1.54, 1.807) is 23.7 Å². The number of nitrogens with one attached hydrogen (secondary N) is 1. The lowest BCUT2D eigenvalue weighted by Crippen LogP contribution is -2.15. The van der Waals surface area contributed by atoms with Crippen LogP contribution >= 0.6 is 23.1 Å². The van der Waals surface area contributed by atoms with Gasteiger partial charge < -0.3 is 5.73 Å². The van der Waals surface area contributed by atoms with Crippen LogP contribution in [0, 0.1) is 0 Å². The van der Waals surface area contributed by atoms with Crippen molar-refractivity contribution in [2.24, 2.45) is 5.73 Å². The van der Waals surface area contributed by atoms with Crippen LogP contribution < -0.4 is 11.1 Å². The molecule has 6 nitrogen and oxygen atoms in total. The second-order valence-corrected chi connectivity index (χ2v) is 6.93. The third-order valence-electron chi connectivity index (χ3n) is 3.10. The molecular formula is C17H14N4O2S2. The van der Waals surface area contributed by atoms with E-state index in [0.29, 0.717) is 21.4 Å². The van der Waals surface area contributed by atoms with E-state index < -0.39 is 5.91 Å². The number of hydrogen-bond donors (Lipinski definition) is 2. The van der Waals surface area contributed by atoms with Gasteiger partial charge in [0.25, 0.3) is 5.91 Å². The molecule has 0 spiro atoms. The normalized spacial score (nSPS) is 10.4. The topological polar surface area (TPSA) is 98.0 Å². The minimum Gasteiger partial charge on any atom is -0.369 e. The smallest absolute Gasteiger partial charge is 0.260 e. The molecule has 0 bridgehead atoms. The van der Waals surface area contributed by atoms with Gasteiger partial charge in [-0.2, -0.15) is 0 Å². The van der Waals surface area contributed by atoms with Crippen LogP contribution in [-0.2, 0) is 11.2 Å². The maximum Gasteiger partial charge on any atom is 0.260 e. The summed E-state index contributed by atoms with van der Waals surface area (Å²) >= 11 is 2.66. The van der Waals surface area contributed by atoms with Crippen LogP contribution in [0.2, 0.25) is 0 Å². The van der Waals surface area contributed by atoms with E-state index in [2.05, 4.69) is 15.3 Å². The quantitative estimate of drug-likeness (QED) is 0.695. The van der Waals surface area contributed by atoms with Crippen molar-refractivity contribution < 1.29 is 9.59 Å². The number of aromatic nitrogens is 2. The van der Waals surface area contributed by atoms with Gasteiger partial charge >= 0.3 is 0 Å². The van der Waals surface area contributed by atoms with E-state index >= 15 is 0 Å². The molecule has 0 aliphatic rings. The molecule has 3 aromatic rings. The number of benzene rings is 1. The number of carbonyl (C=O) groups excluding carboxylic acids is 2. The second kappa shape index (κ2) is 7.91. The monoisotopic (exact) mass is 370 g/mol. The van der Waals surface area contributed by atoms with E-state index in [4.69, 9.17) is 5.73 Å². The lowest BCUT2D eigenvalue weighted by Gasteiger charge is -2.07. The third-order valence-corrected chi connectivity index (χ3v) is 4.93. The number of rotatable bonds is 6. The summed E-state index contributed by atoms with van der Waals surface area (Å²) in [6.45, 7) is 0. The molecule has 0 saturated carbocycles. The first kappa shape index (κ1) is 17.1. The number of primary amides is 1. The summed E-state index contributed by atoms with van der Waals surface area (Å²) in [6.07, 6.45) is 1.70. The van der Waals surface area contributed by atoms with Crippen LogP contribution in [0.3, 0.4) is 0 Å². The number of anilines is 1. The van der Waals surface area contributed by atoms with Crippen molar-refractivity contribution in [3.63, 3.8) is 0 Å². The SMILES string of the molecule is NC(=O)Cc1csc(NC(=O)c2cccnc2Sc2ccccc2)n1. The Kier molecular flexibility index (Phi) is 5.42. The highest BCUT2D eigenvalue weighted by atomic mass is 32.2. The fourth-order valence-electron chi connectivity index (χ4n) is 2.03. The van der Waals surface area contributed by atoms with Gasteiger partial charge in [-0.1, -0.05) is 30.0 Å². The molecule has 3 rings (SSSR count). The standard InChI is InChI=1S/C17H14N4O2S2/c18-14(22)9-11-10-24-17(20-11)21-15(23)13-7-4-8-19-16(13)25-12-5-2-1-3-6-12/h1-8,10H,9H2,(H2,18,22)(H,20,21,23). The van der Waals surface area contributed by atoms with E-state index in [0.717, 1.165) is 4.90 Å². The Morgan fingerprint density at radius 2 is 1.96 bits per heavy atom. The molecule has 3 N–H and O–H groups in total. The average Bonchev–Trinajstić information content (AvgIpc) is 3.02. The number of nitrogens with zero attached hydrogens (tertiary/aromatic N) is 2. The molecule has 0 saturated heterocycles. The molecule has 0 unspecified atom stereocenters. The Morgan fingerprint density at radius 3 is 2.72 bits per heavy atom. The van der Waals surface area contributed by atoms with Crippen molar-refractivity contribution in [1.82, 2.24) is 9.97 Å². The summed E-state index contributed by atoms with van der Waals surface area (Å²) in [5.41, 5.74) is 6.15. The molecule has 0 aliphatic heterocycles. The molecule has 2 aromatic heterocycles. The Labute approximate surface area is 152 Å². The summed E-state index contributed by atoms with van der Waals surface area (Å²) < 4.78 is 0. The third kappa shape index (κ3) is 4.65. The number of thiazole rings is 1. The summed E-state index contributed by atoms with van der Waals surface area (Å²) in [5, 5.41) is 5.47. The van der Waals surface area contributed by atoms with Gasteiger partial charge in [-0.25, -0.2) is 9.97 Å². The molecular weight excluding hydrogens is 356 g/mol. The van der Waals surface area contributed by atoms with Crippen molar-refractivity contribution in [3.05, 3.63) is 65.3 Å². The summed E-state index contributed by atoms with van der Waals surface area (Å²) in [7, 11) is 0. The van der Waals surface area contributed by atoms with Crippen LogP contribution in [0.5, 0.6) is 0 Å². The Balaban J connectivity index is 1.76. The van der Waals surface area contributed by atoms with Crippen LogP contribution in [0.4, 0.5) is 5.13 Å². The molecule has 2 amide bonds. The van der Waals surface area contributed by atoms with Crippen LogP contribution in [-0.4, -0.2) is 21.8 Å². The number of amides is 2. The fourth-order valence-corrected chi connectivity index (χ4v) is 3.64. The lowest BCUT2D eigenvalue weighted by atomic mass is 10.3. The first-order valence-corrected chi connectivity index (χ1v) is 9.03. The highest BCUT2D eigenvalue weighted by Crippen LogP contribution is 2.29. The molecule has 0 radical (unpaired) electrons. The van der Waals surface area contributed by atoms with E-state index in [9.17, 15) is 9.59 Å². The lowest BCUT2D eigenvalue weighted by molar-refractivity contribution is -0.117. The zero-order valence-electron chi connectivity index (χ0n) is 13.0. The summed E-state index contributed by atoms with van der Waals surface area (Å²) in [6, 6.07) is 13.1. The first-order chi connectivity index (χ1) is 12.1. The summed E-state index contributed by atoms with van der Waals surface area (Å²) in [4.78, 5) is 33.0. The first-order valence-electron chi connectivity index (χ1n) is 7.34. The molecule has 126 valence electrons.